The molecule has 0 fully saturated rings. The highest BCUT2D eigenvalue weighted by atomic mass is 32.1. The number of nitrogens with one attached hydrogen (secondary N) is 1. The molecule has 1 aromatic rings. The van der Waals surface area contributed by atoms with E-state index in [1.807, 2.05) is 6.07 Å². The second-order valence-corrected chi connectivity index (χ2v) is 6.24. The van der Waals surface area contributed by atoms with E-state index in [0.29, 0.717) is 12.5 Å². The average molecular weight is 268 g/mol. The summed E-state index contributed by atoms with van der Waals surface area (Å²) in [4.78, 5) is 14.2. The quantitative estimate of drug-likeness (QED) is 0.833. The molecular formula is C14H24N2OS. The summed E-state index contributed by atoms with van der Waals surface area (Å²) >= 11 is 1.59. The van der Waals surface area contributed by atoms with Crippen molar-refractivity contribution in [3.63, 3.8) is 0 Å². The Balaban J connectivity index is 2.68. The third-order valence-electron chi connectivity index (χ3n) is 2.94. The van der Waals surface area contributed by atoms with Crippen molar-refractivity contribution in [1.82, 2.24) is 5.32 Å². The van der Waals surface area contributed by atoms with Gasteiger partial charge in [0.2, 0.25) is 0 Å². The number of aryl methyl sites for hydroxylation is 2. The number of carbonyl (C=O) groups excluding carboxylic acids is 1. The van der Waals surface area contributed by atoms with E-state index in [1.54, 1.807) is 11.3 Å². The Labute approximate surface area is 114 Å². The van der Waals surface area contributed by atoms with Gasteiger partial charge in [-0.05, 0) is 37.3 Å². The topological polar surface area (TPSA) is 55.1 Å². The Morgan fingerprint density at radius 3 is 2.61 bits per heavy atom. The largest absolute Gasteiger partial charge is 0.347 e. The molecular weight excluding hydrogens is 244 g/mol. The van der Waals surface area contributed by atoms with Gasteiger partial charge in [0, 0.05) is 17.5 Å². The van der Waals surface area contributed by atoms with E-state index in [-0.39, 0.29) is 11.9 Å². The molecule has 0 aliphatic heterocycles. The summed E-state index contributed by atoms with van der Waals surface area (Å²) in [6.45, 7) is 8.94. The van der Waals surface area contributed by atoms with Crippen LogP contribution >= 0.6 is 11.3 Å². The van der Waals surface area contributed by atoms with Crippen LogP contribution in [0.3, 0.4) is 0 Å². The summed E-state index contributed by atoms with van der Waals surface area (Å²) in [6.07, 6.45) is 1.91. The molecule has 4 heteroatoms. The van der Waals surface area contributed by atoms with Gasteiger partial charge in [-0.25, -0.2) is 0 Å². The zero-order chi connectivity index (χ0) is 13.7. The van der Waals surface area contributed by atoms with Crippen molar-refractivity contribution in [3.8, 4) is 0 Å². The SMILES string of the molecule is CCc1sc(C(=O)NC(CN)CC(C)C)cc1C. The van der Waals surface area contributed by atoms with Crippen LogP contribution < -0.4 is 11.1 Å². The molecule has 0 spiro atoms. The van der Waals surface area contributed by atoms with Crippen LogP contribution in [-0.4, -0.2) is 18.5 Å². The Morgan fingerprint density at radius 1 is 1.50 bits per heavy atom. The predicted molar refractivity (Wildman–Crippen MR) is 78.2 cm³/mol. The van der Waals surface area contributed by atoms with Crippen LogP contribution in [0.5, 0.6) is 0 Å². The fraction of sp³-hybridized carbons (Fsp3) is 0.643. The van der Waals surface area contributed by atoms with Crippen LogP contribution in [0.25, 0.3) is 0 Å². The second-order valence-electron chi connectivity index (χ2n) is 5.11. The van der Waals surface area contributed by atoms with Gasteiger partial charge in [-0.15, -0.1) is 11.3 Å². The molecule has 3 N–H and O–H groups in total. The van der Waals surface area contributed by atoms with E-state index in [4.69, 9.17) is 5.73 Å². The number of hydrogen-bond acceptors (Lipinski definition) is 3. The number of hydrogen-bond donors (Lipinski definition) is 2. The summed E-state index contributed by atoms with van der Waals surface area (Å²) in [5.41, 5.74) is 6.91. The highest BCUT2D eigenvalue weighted by molar-refractivity contribution is 7.14. The standard InChI is InChI=1S/C14H24N2OS/c1-5-12-10(4)7-13(18-12)14(17)16-11(8-15)6-9(2)3/h7,9,11H,5-6,8,15H2,1-4H3,(H,16,17). The van der Waals surface area contributed by atoms with Crippen LogP contribution in [0, 0.1) is 12.8 Å². The van der Waals surface area contributed by atoms with Crippen LogP contribution in [0.2, 0.25) is 0 Å². The normalized spacial score (nSPS) is 12.8. The summed E-state index contributed by atoms with van der Waals surface area (Å²) in [5.74, 6) is 0.550. The Kier molecular flexibility index (Phi) is 5.82. The predicted octanol–water partition coefficient (Wildman–Crippen LogP) is 2.72. The molecule has 0 aliphatic rings. The minimum absolute atomic E-state index is 0.0129. The van der Waals surface area contributed by atoms with Crippen LogP contribution in [0.15, 0.2) is 6.07 Å². The van der Waals surface area contributed by atoms with E-state index >= 15 is 0 Å². The maximum atomic E-state index is 12.1. The lowest BCUT2D eigenvalue weighted by Gasteiger charge is -2.18. The zero-order valence-corrected chi connectivity index (χ0v) is 12.6. The molecule has 0 bridgehead atoms. The highest BCUT2D eigenvalue weighted by Crippen LogP contribution is 2.22. The first kappa shape index (κ1) is 15.2. The van der Waals surface area contributed by atoms with E-state index in [2.05, 4.69) is 33.0 Å². The van der Waals surface area contributed by atoms with Crippen LogP contribution in [0.1, 0.15) is 47.3 Å². The van der Waals surface area contributed by atoms with Gasteiger partial charge in [-0.2, -0.15) is 0 Å². The molecule has 1 rings (SSSR count). The number of carbonyl (C=O) groups is 1. The molecule has 1 atom stereocenters. The Bertz CT molecular complexity index is 398. The van der Waals surface area contributed by atoms with Crippen LogP contribution in [-0.2, 0) is 6.42 Å². The third kappa shape index (κ3) is 4.10. The average Bonchev–Trinajstić information content (AvgIpc) is 2.69. The molecule has 1 heterocycles. The minimum Gasteiger partial charge on any atom is -0.347 e. The smallest absolute Gasteiger partial charge is 0.261 e. The van der Waals surface area contributed by atoms with Crippen molar-refractivity contribution in [3.05, 3.63) is 21.4 Å². The molecule has 1 aromatic heterocycles. The lowest BCUT2D eigenvalue weighted by Crippen LogP contribution is -2.40. The monoisotopic (exact) mass is 268 g/mol. The molecule has 3 nitrogen and oxygen atoms in total. The van der Waals surface area contributed by atoms with Gasteiger partial charge in [-0.3, -0.25) is 4.79 Å². The first-order chi connectivity index (χ1) is 8.47. The van der Waals surface area contributed by atoms with E-state index < -0.39 is 0 Å². The molecule has 0 radical (unpaired) electrons. The lowest BCUT2D eigenvalue weighted by atomic mass is 10.0. The van der Waals surface area contributed by atoms with Crippen molar-refractivity contribution in [1.29, 1.82) is 0 Å². The molecule has 0 saturated heterocycles. The Hall–Kier alpha value is -0.870. The van der Waals surface area contributed by atoms with Crippen molar-refractivity contribution in [2.75, 3.05) is 6.54 Å². The molecule has 1 amide bonds. The summed E-state index contributed by atoms with van der Waals surface area (Å²) in [5, 5.41) is 3.03. The number of rotatable bonds is 6. The third-order valence-corrected chi connectivity index (χ3v) is 4.32. The number of thiophene rings is 1. The van der Waals surface area contributed by atoms with Crippen LogP contribution in [0.4, 0.5) is 0 Å². The minimum atomic E-state index is 0.0129. The summed E-state index contributed by atoms with van der Waals surface area (Å²) in [6, 6.07) is 2.05. The van der Waals surface area contributed by atoms with Gasteiger partial charge in [0.1, 0.15) is 0 Å². The van der Waals surface area contributed by atoms with Gasteiger partial charge < -0.3 is 11.1 Å². The molecule has 18 heavy (non-hydrogen) atoms. The summed E-state index contributed by atoms with van der Waals surface area (Å²) in [7, 11) is 0. The maximum absolute atomic E-state index is 12.1. The van der Waals surface area contributed by atoms with Crippen molar-refractivity contribution < 1.29 is 4.79 Å². The van der Waals surface area contributed by atoms with Gasteiger partial charge in [0.05, 0.1) is 4.88 Å². The fourth-order valence-corrected chi connectivity index (χ4v) is 3.04. The van der Waals surface area contributed by atoms with E-state index in [0.717, 1.165) is 17.7 Å². The fourth-order valence-electron chi connectivity index (χ4n) is 2.02. The lowest BCUT2D eigenvalue weighted by molar-refractivity contribution is 0.0938. The first-order valence-corrected chi connectivity index (χ1v) is 7.39. The second kappa shape index (κ2) is 6.90. The van der Waals surface area contributed by atoms with Gasteiger partial charge in [0.15, 0.2) is 0 Å². The molecule has 0 saturated carbocycles. The molecule has 0 aromatic carbocycles. The molecule has 0 aliphatic carbocycles. The molecule has 102 valence electrons. The maximum Gasteiger partial charge on any atom is 0.261 e. The van der Waals surface area contributed by atoms with Crippen molar-refractivity contribution in [2.24, 2.45) is 11.7 Å². The van der Waals surface area contributed by atoms with E-state index in [1.165, 1.54) is 10.4 Å². The van der Waals surface area contributed by atoms with Crippen molar-refractivity contribution >= 4 is 17.2 Å². The highest BCUT2D eigenvalue weighted by Gasteiger charge is 2.16. The summed E-state index contributed by atoms with van der Waals surface area (Å²) < 4.78 is 0. The van der Waals surface area contributed by atoms with Gasteiger partial charge in [0.25, 0.3) is 5.91 Å². The van der Waals surface area contributed by atoms with E-state index in [9.17, 15) is 4.79 Å². The number of nitrogens with two attached hydrogens (primary N) is 1. The first-order valence-electron chi connectivity index (χ1n) is 6.58. The van der Waals surface area contributed by atoms with Gasteiger partial charge in [-0.1, -0.05) is 20.8 Å². The molecule has 1 unspecified atom stereocenters. The zero-order valence-electron chi connectivity index (χ0n) is 11.7. The van der Waals surface area contributed by atoms with Gasteiger partial charge >= 0.3 is 0 Å². The van der Waals surface area contributed by atoms with Crippen molar-refractivity contribution in [2.45, 2.75) is 46.6 Å². The number of amides is 1. The Morgan fingerprint density at radius 2 is 2.17 bits per heavy atom.